The lowest BCUT2D eigenvalue weighted by molar-refractivity contribution is -0.378. The van der Waals surface area contributed by atoms with Gasteiger partial charge in [-0.3, -0.25) is 0 Å². The molecule has 4 saturated heterocycles. The quantitative estimate of drug-likeness (QED) is 0.101. The number of hydrogen-bond acceptors (Lipinski definition) is 21. The zero-order valence-electron chi connectivity index (χ0n) is 25.0. The van der Waals surface area contributed by atoms with Gasteiger partial charge in [0.05, 0.1) is 26.4 Å². The van der Waals surface area contributed by atoms with Crippen molar-refractivity contribution in [3.05, 3.63) is 0 Å². The third-order valence-electron chi connectivity index (χ3n) is 8.78. The Labute approximate surface area is 266 Å². The van der Waals surface area contributed by atoms with Gasteiger partial charge in [-0.05, 0) is 0 Å². The largest absolute Gasteiger partial charge is 0.450 e. The SMILES string of the molecule is CC1=NC2[C@@H](O1)OC(CO)[C@@H](O[C@@H]1OC(CO[C@H]3OC(CO)[C@@H](O)[C@H](O)C3O)[C@@H](O)[C@H](O[C@@H]3OC(CO)[C@H](O)[C@@H](O)C3O)C1O)[C@@H]2O. The predicted molar refractivity (Wildman–Crippen MR) is 144 cm³/mol. The van der Waals surface area contributed by atoms with Gasteiger partial charge in [0.1, 0.15) is 97.6 Å². The zero-order chi connectivity index (χ0) is 34.3. The molecular formula is C26H43NO20. The number of hydrogen-bond donors (Lipinski definition) is 12. The Morgan fingerprint density at radius 3 is 1.64 bits per heavy atom. The highest BCUT2D eigenvalue weighted by molar-refractivity contribution is 5.75. The molecular weight excluding hydrogens is 646 g/mol. The summed E-state index contributed by atoms with van der Waals surface area (Å²) in [4.78, 5) is 4.16. The predicted octanol–water partition coefficient (Wildman–Crippen LogP) is -8.28. The van der Waals surface area contributed by atoms with Crippen LogP contribution in [0.5, 0.6) is 0 Å². The van der Waals surface area contributed by atoms with Crippen LogP contribution in [0.15, 0.2) is 4.99 Å². The van der Waals surface area contributed by atoms with E-state index in [1.54, 1.807) is 0 Å². The molecule has 0 bridgehead atoms. The van der Waals surface area contributed by atoms with Crippen LogP contribution in [-0.2, 0) is 37.9 Å². The molecule has 5 aliphatic rings. The van der Waals surface area contributed by atoms with Crippen molar-refractivity contribution in [2.45, 2.75) is 130 Å². The number of nitrogens with zero attached hydrogens (tertiary/aromatic N) is 1. The Morgan fingerprint density at radius 1 is 0.532 bits per heavy atom. The van der Waals surface area contributed by atoms with Gasteiger partial charge in [0.2, 0.25) is 6.29 Å². The molecule has 0 aliphatic carbocycles. The minimum absolute atomic E-state index is 0.201. The van der Waals surface area contributed by atoms with E-state index in [1.807, 2.05) is 0 Å². The molecule has 0 aromatic carbocycles. The molecule has 5 aliphatic heterocycles. The summed E-state index contributed by atoms with van der Waals surface area (Å²) in [6.07, 6.45) is -31.3. The number of aliphatic hydroxyl groups excluding tert-OH is 12. The average Bonchev–Trinajstić information content (AvgIpc) is 3.44. The summed E-state index contributed by atoms with van der Waals surface area (Å²) >= 11 is 0. The molecule has 5 heterocycles. The lowest BCUT2D eigenvalue weighted by Crippen LogP contribution is -2.66. The van der Waals surface area contributed by atoms with E-state index in [0.717, 1.165) is 0 Å². The molecule has 0 spiro atoms. The van der Waals surface area contributed by atoms with Crippen molar-refractivity contribution in [3.8, 4) is 0 Å². The van der Waals surface area contributed by atoms with Gasteiger partial charge < -0.3 is 99.2 Å². The number of aliphatic imine (C=N–C) groups is 1. The first-order valence-corrected chi connectivity index (χ1v) is 15.0. The van der Waals surface area contributed by atoms with Crippen molar-refractivity contribution in [1.29, 1.82) is 0 Å². The average molecular weight is 690 g/mol. The van der Waals surface area contributed by atoms with Gasteiger partial charge in [0.15, 0.2) is 24.8 Å². The van der Waals surface area contributed by atoms with E-state index < -0.39 is 149 Å². The first kappa shape index (κ1) is 37.0. The second-order valence-corrected chi connectivity index (χ2v) is 11.9. The maximum Gasteiger partial charge on any atom is 0.227 e. The van der Waals surface area contributed by atoms with Crippen molar-refractivity contribution in [3.63, 3.8) is 0 Å². The summed E-state index contributed by atoms with van der Waals surface area (Å²) in [6.45, 7) is -1.41. The standard InChI is InChI=1S/C26H43NO20/c1-6-27-11-15(34)21(9(4-30)44-23(11)41-6)46-26-20(39)22(47-25-19(38)17(36)13(32)8(3-29)43-25)14(33)10(45-26)5-40-24-18(37)16(35)12(31)7(2-28)42-24/h7-26,28-39H,2-5H2,1H3/t7?,8?,9?,10?,11?,12-,13+,14-,15-,16+,17-,18?,19?,20?,21-,22+,23+,24+,25+,26+/m1/s1. The molecule has 21 heteroatoms. The van der Waals surface area contributed by atoms with Gasteiger partial charge >= 0.3 is 0 Å². The molecule has 21 nitrogen and oxygen atoms in total. The van der Waals surface area contributed by atoms with Crippen LogP contribution in [-0.4, -0.2) is 216 Å². The number of ether oxygens (including phenoxy) is 8. The Balaban J connectivity index is 1.37. The van der Waals surface area contributed by atoms with Crippen molar-refractivity contribution in [1.82, 2.24) is 0 Å². The Bertz CT molecular complexity index is 1050. The molecule has 5 rings (SSSR count). The van der Waals surface area contributed by atoms with Crippen LogP contribution in [0.25, 0.3) is 0 Å². The molecule has 0 aromatic heterocycles. The summed E-state index contributed by atoms with van der Waals surface area (Å²) in [5.74, 6) is 0.201. The molecule has 8 unspecified atom stereocenters. The molecule has 20 atom stereocenters. The number of fused-ring (bicyclic) bond motifs is 1. The fraction of sp³-hybridized carbons (Fsp3) is 0.962. The first-order valence-electron chi connectivity index (χ1n) is 15.0. The van der Waals surface area contributed by atoms with Gasteiger partial charge in [0, 0.05) is 6.92 Å². The highest BCUT2D eigenvalue weighted by atomic mass is 16.8. The summed E-state index contributed by atoms with van der Waals surface area (Å²) < 4.78 is 44.6. The molecule has 0 amide bonds. The first-order chi connectivity index (χ1) is 22.3. The Kier molecular flexibility index (Phi) is 12.0. The third kappa shape index (κ3) is 7.30. The van der Waals surface area contributed by atoms with Gasteiger partial charge in [-0.15, -0.1) is 0 Å². The Hall–Kier alpha value is -1.29. The van der Waals surface area contributed by atoms with Gasteiger partial charge in [-0.25, -0.2) is 4.99 Å². The molecule has 0 saturated carbocycles. The topological polar surface area (TPSA) is 329 Å². The lowest BCUT2D eigenvalue weighted by atomic mass is 9.95. The minimum Gasteiger partial charge on any atom is -0.450 e. The van der Waals surface area contributed by atoms with Gasteiger partial charge in [-0.2, -0.15) is 0 Å². The van der Waals surface area contributed by atoms with Crippen LogP contribution >= 0.6 is 0 Å². The van der Waals surface area contributed by atoms with Crippen molar-refractivity contribution in [2.24, 2.45) is 4.99 Å². The summed E-state index contributed by atoms with van der Waals surface area (Å²) in [7, 11) is 0. The molecule has 12 N–H and O–H groups in total. The molecule has 272 valence electrons. The summed E-state index contributed by atoms with van der Waals surface area (Å²) in [5.41, 5.74) is 0. The van der Waals surface area contributed by atoms with E-state index in [9.17, 15) is 61.3 Å². The number of aliphatic hydroxyl groups is 12. The van der Waals surface area contributed by atoms with Crippen molar-refractivity contribution >= 4 is 5.90 Å². The van der Waals surface area contributed by atoms with Crippen LogP contribution in [0.4, 0.5) is 0 Å². The zero-order valence-corrected chi connectivity index (χ0v) is 25.0. The monoisotopic (exact) mass is 689 g/mol. The third-order valence-corrected chi connectivity index (χ3v) is 8.78. The summed E-state index contributed by atoms with van der Waals surface area (Å²) in [5, 5.41) is 124. The number of rotatable bonds is 10. The molecule has 0 radical (unpaired) electrons. The maximum atomic E-state index is 11.3. The Morgan fingerprint density at radius 2 is 1.04 bits per heavy atom. The normalized spacial score (nSPS) is 52.1. The second-order valence-electron chi connectivity index (χ2n) is 11.9. The van der Waals surface area contributed by atoms with Gasteiger partial charge in [-0.1, -0.05) is 0 Å². The van der Waals surface area contributed by atoms with Crippen LogP contribution < -0.4 is 0 Å². The smallest absolute Gasteiger partial charge is 0.227 e. The van der Waals surface area contributed by atoms with Gasteiger partial charge in [0.25, 0.3) is 0 Å². The van der Waals surface area contributed by atoms with E-state index in [0.29, 0.717) is 0 Å². The van der Waals surface area contributed by atoms with Crippen molar-refractivity contribution < 1.29 is 99.2 Å². The van der Waals surface area contributed by atoms with Crippen LogP contribution in [0.1, 0.15) is 6.92 Å². The van der Waals surface area contributed by atoms with E-state index in [1.165, 1.54) is 6.92 Å². The maximum absolute atomic E-state index is 11.3. The van der Waals surface area contributed by atoms with E-state index in [4.69, 9.17) is 37.9 Å². The lowest BCUT2D eigenvalue weighted by Gasteiger charge is -2.48. The fourth-order valence-corrected chi connectivity index (χ4v) is 6.06. The van der Waals surface area contributed by atoms with Crippen LogP contribution in [0.2, 0.25) is 0 Å². The molecule has 47 heavy (non-hydrogen) atoms. The van der Waals surface area contributed by atoms with Crippen molar-refractivity contribution in [2.75, 3.05) is 26.4 Å². The van der Waals surface area contributed by atoms with E-state index >= 15 is 0 Å². The van der Waals surface area contributed by atoms with Crippen LogP contribution in [0.3, 0.4) is 0 Å². The van der Waals surface area contributed by atoms with E-state index in [-0.39, 0.29) is 5.90 Å². The highest BCUT2D eigenvalue weighted by Crippen LogP contribution is 2.35. The highest BCUT2D eigenvalue weighted by Gasteiger charge is 2.55. The summed E-state index contributed by atoms with van der Waals surface area (Å²) in [6, 6.07) is -0.986. The molecule has 4 fully saturated rings. The molecule has 0 aromatic rings. The van der Waals surface area contributed by atoms with Crippen LogP contribution in [0, 0.1) is 0 Å². The minimum atomic E-state index is -1.96. The fourth-order valence-electron chi connectivity index (χ4n) is 6.06. The second kappa shape index (κ2) is 15.3. The van der Waals surface area contributed by atoms with E-state index in [2.05, 4.69) is 4.99 Å².